The highest BCUT2D eigenvalue weighted by molar-refractivity contribution is 5.49. The molecule has 0 saturated carbocycles. The van der Waals surface area contributed by atoms with Gasteiger partial charge >= 0.3 is 0 Å². The van der Waals surface area contributed by atoms with Gasteiger partial charge in [0.25, 0.3) is 0 Å². The number of hydrogen-bond acceptors (Lipinski definition) is 3. The minimum absolute atomic E-state index is 0.255. The Morgan fingerprint density at radius 2 is 1.53 bits per heavy atom. The molecule has 19 heavy (non-hydrogen) atoms. The molecule has 0 spiro atoms. The van der Waals surface area contributed by atoms with Crippen LogP contribution in [0.3, 0.4) is 0 Å². The Labute approximate surface area is 117 Å². The van der Waals surface area contributed by atoms with Crippen molar-refractivity contribution in [3.05, 3.63) is 29.8 Å². The average molecular weight is 261 g/mol. The van der Waals surface area contributed by atoms with Gasteiger partial charge in [-0.1, -0.05) is 12.1 Å². The predicted molar refractivity (Wildman–Crippen MR) is 82.6 cm³/mol. The van der Waals surface area contributed by atoms with E-state index in [9.17, 15) is 0 Å². The fraction of sp³-hybridized carbons (Fsp3) is 0.625. The number of hydrogen-bond donors (Lipinski definition) is 1. The van der Waals surface area contributed by atoms with Crippen LogP contribution in [0.5, 0.6) is 0 Å². The lowest BCUT2D eigenvalue weighted by Crippen LogP contribution is -2.48. The van der Waals surface area contributed by atoms with E-state index in [1.54, 1.807) is 0 Å². The van der Waals surface area contributed by atoms with E-state index in [2.05, 4.69) is 47.9 Å². The van der Waals surface area contributed by atoms with Crippen molar-refractivity contribution >= 4 is 5.69 Å². The quantitative estimate of drug-likeness (QED) is 0.907. The highest BCUT2D eigenvalue weighted by Crippen LogP contribution is 2.22. The second-order valence-electron chi connectivity index (χ2n) is 6.39. The van der Waals surface area contributed by atoms with Crippen molar-refractivity contribution < 1.29 is 0 Å². The SMILES string of the molecule is CC(C)N1CCN(c2ccc(C(C)(C)N)cc2)CC1. The molecule has 1 aromatic carbocycles. The van der Waals surface area contributed by atoms with Gasteiger partial charge in [-0.15, -0.1) is 0 Å². The Balaban J connectivity index is 2.00. The van der Waals surface area contributed by atoms with Gasteiger partial charge in [0.15, 0.2) is 0 Å². The van der Waals surface area contributed by atoms with Crippen LogP contribution in [0.1, 0.15) is 33.3 Å². The Bertz CT molecular complexity index is 395. The van der Waals surface area contributed by atoms with Crippen molar-refractivity contribution in [2.75, 3.05) is 31.1 Å². The lowest BCUT2D eigenvalue weighted by molar-refractivity contribution is 0.209. The summed E-state index contributed by atoms with van der Waals surface area (Å²) in [6.07, 6.45) is 0. The molecular formula is C16H27N3. The molecule has 0 radical (unpaired) electrons. The molecule has 2 N–H and O–H groups in total. The van der Waals surface area contributed by atoms with Gasteiger partial charge in [-0.2, -0.15) is 0 Å². The number of anilines is 1. The van der Waals surface area contributed by atoms with Gasteiger partial charge in [-0.25, -0.2) is 0 Å². The Hall–Kier alpha value is -1.06. The van der Waals surface area contributed by atoms with Crippen molar-refractivity contribution in [3.63, 3.8) is 0 Å². The molecule has 3 heteroatoms. The Morgan fingerprint density at radius 3 is 1.95 bits per heavy atom. The van der Waals surface area contributed by atoms with Gasteiger partial charge in [0.05, 0.1) is 0 Å². The van der Waals surface area contributed by atoms with Gasteiger partial charge < -0.3 is 10.6 Å². The summed E-state index contributed by atoms with van der Waals surface area (Å²) in [5, 5.41) is 0. The van der Waals surface area contributed by atoms with E-state index in [4.69, 9.17) is 5.73 Å². The van der Waals surface area contributed by atoms with Crippen molar-refractivity contribution in [3.8, 4) is 0 Å². The third kappa shape index (κ3) is 3.48. The molecule has 0 unspecified atom stereocenters. The number of piperazine rings is 1. The molecule has 2 rings (SSSR count). The zero-order chi connectivity index (χ0) is 14.0. The zero-order valence-electron chi connectivity index (χ0n) is 12.7. The summed E-state index contributed by atoms with van der Waals surface area (Å²) in [4.78, 5) is 5.00. The van der Waals surface area contributed by atoms with E-state index < -0.39 is 0 Å². The van der Waals surface area contributed by atoms with Crippen LogP contribution in [-0.2, 0) is 5.54 Å². The summed E-state index contributed by atoms with van der Waals surface area (Å²) >= 11 is 0. The average Bonchev–Trinajstić information content (AvgIpc) is 2.38. The van der Waals surface area contributed by atoms with Gasteiger partial charge in [0.2, 0.25) is 0 Å². The molecule has 0 aliphatic carbocycles. The maximum absolute atomic E-state index is 6.12. The van der Waals surface area contributed by atoms with Crippen LogP contribution in [0.4, 0.5) is 5.69 Å². The summed E-state index contributed by atoms with van der Waals surface area (Å²) in [7, 11) is 0. The molecule has 0 aromatic heterocycles. The summed E-state index contributed by atoms with van der Waals surface area (Å²) in [5.74, 6) is 0. The van der Waals surface area contributed by atoms with Gasteiger partial charge in [0, 0.05) is 43.4 Å². The molecule has 1 fully saturated rings. The van der Waals surface area contributed by atoms with E-state index in [1.807, 2.05) is 13.8 Å². The van der Waals surface area contributed by atoms with Crippen molar-refractivity contribution in [2.24, 2.45) is 5.73 Å². The smallest absolute Gasteiger partial charge is 0.0367 e. The van der Waals surface area contributed by atoms with E-state index in [-0.39, 0.29) is 5.54 Å². The molecule has 3 nitrogen and oxygen atoms in total. The number of nitrogens with two attached hydrogens (primary N) is 1. The van der Waals surface area contributed by atoms with Crippen LogP contribution in [-0.4, -0.2) is 37.1 Å². The van der Waals surface area contributed by atoms with Gasteiger partial charge in [-0.05, 0) is 45.4 Å². The third-order valence-corrected chi connectivity index (χ3v) is 4.02. The van der Waals surface area contributed by atoms with Crippen molar-refractivity contribution in [2.45, 2.75) is 39.3 Å². The number of benzene rings is 1. The standard InChI is InChI=1S/C16H27N3/c1-13(2)18-9-11-19(12-10-18)15-7-5-14(6-8-15)16(3,4)17/h5-8,13H,9-12,17H2,1-4H3. The maximum Gasteiger partial charge on any atom is 0.0367 e. The molecule has 1 heterocycles. The molecule has 0 bridgehead atoms. The first-order valence-corrected chi connectivity index (χ1v) is 7.26. The van der Waals surface area contributed by atoms with Crippen LogP contribution in [0, 0.1) is 0 Å². The van der Waals surface area contributed by atoms with Crippen molar-refractivity contribution in [1.82, 2.24) is 4.90 Å². The fourth-order valence-corrected chi connectivity index (χ4v) is 2.60. The highest BCUT2D eigenvalue weighted by atomic mass is 15.3. The monoisotopic (exact) mass is 261 g/mol. The van der Waals surface area contributed by atoms with Crippen molar-refractivity contribution in [1.29, 1.82) is 0 Å². The molecule has 1 saturated heterocycles. The van der Waals surface area contributed by atoms with E-state index in [0.29, 0.717) is 6.04 Å². The molecular weight excluding hydrogens is 234 g/mol. The van der Waals surface area contributed by atoms with Gasteiger partial charge in [-0.3, -0.25) is 4.90 Å². The van der Waals surface area contributed by atoms with Crippen LogP contribution < -0.4 is 10.6 Å². The lowest BCUT2D eigenvalue weighted by Gasteiger charge is -2.38. The van der Waals surface area contributed by atoms with E-state index in [1.165, 1.54) is 11.3 Å². The fourth-order valence-electron chi connectivity index (χ4n) is 2.60. The highest BCUT2D eigenvalue weighted by Gasteiger charge is 2.19. The minimum atomic E-state index is -0.255. The third-order valence-electron chi connectivity index (χ3n) is 4.02. The largest absolute Gasteiger partial charge is 0.369 e. The molecule has 106 valence electrons. The number of nitrogens with zero attached hydrogens (tertiary/aromatic N) is 2. The van der Waals surface area contributed by atoms with Crippen LogP contribution in [0.15, 0.2) is 24.3 Å². The first-order valence-electron chi connectivity index (χ1n) is 7.26. The normalized spacial score (nSPS) is 18.1. The summed E-state index contributed by atoms with van der Waals surface area (Å²) < 4.78 is 0. The molecule has 1 aromatic rings. The van der Waals surface area contributed by atoms with Crippen LogP contribution >= 0.6 is 0 Å². The van der Waals surface area contributed by atoms with Gasteiger partial charge in [0.1, 0.15) is 0 Å². The second-order valence-corrected chi connectivity index (χ2v) is 6.39. The Kier molecular flexibility index (Phi) is 4.16. The second kappa shape index (κ2) is 5.51. The first kappa shape index (κ1) is 14.4. The minimum Gasteiger partial charge on any atom is -0.369 e. The van der Waals surface area contributed by atoms with Crippen LogP contribution in [0.2, 0.25) is 0 Å². The predicted octanol–water partition coefficient (Wildman–Crippen LogP) is 2.41. The zero-order valence-corrected chi connectivity index (χ0v) is 12.7. The summed E-state index contributed by atoms with van der Waals surface area (Å²) in [6, 6.07) is 9.38. The molecule has 0 atom stereocenters. The summed E-state index contributed by atoms with van der Waals surface area (Å²) in [5.41, 5.74) is 8.37. The van der Waals surface area contributed by atoms with E-state index in [0.717, 1.165) is 26.2 Å². The molecule has 1 aliphatic heterocycles. The first-order chi connectivity index (χ1) is 8.88. The summed E-state index contributed by atoms with van der Waals surface area (Å²) in [6.45, 7) is 13.2. The topological polar surface area (TPSA) is 32.5 Å². The Morgan fingerprint density at radius 1 is 1.00 bits per heavy atom. The number of rotatable bonds is 3. The molecule has 0 amide bonds. The van der Waals surface area contributed by atoms with Crippen LogP contribution in [0.25, 0.3) is 0 Å². The maximum atomic E-state index is 6.12. The lowest BCUT2D eigenvalue weighted by atomic mass is 9.95. The molecule has 1 aliphatic rings. The van der Waals surface area contributed by atoms with E-state index >= 15 is 0 Å².